The third-order valence-electron chi connectivity index (χ3n) is 5.54. The second-order valence-corrected chi connectivity index (χ2v) is 8.95. The quantitative estimate of drug-likeness (QED) is 0.376. The fourth-order valence-corrected chi connectivity index (χ4v) is 4.72. The monoisotopic (exact) mass is 448 g/mol. The van der Waals surface area contributed by atoms with E-state index >= 15 is 0 Å². The second kappa shape index (κ2) is 9.12. The molecule has 4 aromatic rings. The summed E-state index contributed by atoms with van der Waals surface area (Å²) >= 11 is 1.50. The molecule has 1 amide bonds. The number of fused-ring (bicyclic) bond motifs is 1. The van der Waals surface area contributed by atoms with Gasteiger partial charge in [0.25, 0.3) is 5.91 Å². The molecule has 0 aliphatic heterocycles. The van der Waals surface area contributed by atoms with Gasteiger partial charge in [0, 0.05) is 17.8 Å². The minimum atomic E-state index is -0.0633. The maximum Gasteiger partial charge on any atom is 0.260 e. The number of aromatic nitrogens is 3. The molecule has 0 atom stereocenters. The Bertz CT molecular complexity index is 1270. The number of carbonyl (C=O) groups excluding carboxylic acids is 1. The number of rotatable bonds is 7. The van der Waals surface area contributed by atoms with Gasteiger partial charge in [0.15, 0.2) is 5.13 Å². The van der Waals surface area contributed by atoms with E-state index in [1.807, 2.05) is 81.8 Å². The summed E-state index contributed by atoms with van der Waals surface area (Å²) in [4.78, 5) is 20.2. The lowest BCUT2D eigenvalue weighted by Crippen LogP contribution is -2.34. The van der Waals surface area contributed by atoms with E-state index in [9.17, 15) is 4.79 Å². The maximum atomic E-state index is 13.6. The highest BCUT2D eigenvalue weighted by Gasteiger charge is 2.23. The van der Waals surface area contributed by atoms with Crippen molar-refractivity contribution in [1.82, 2.24) is 14.8 Å². The molecule has 0 aliphatic carbocycles. The summed E-state index contributed by atoms with van der Waals surface area (Å²) in [5.41, 5.74) is 5.75. The molecule has 4 rings (SSSR count). The van der Waals surface area contributed by atoms with Gasteiger partial charge >= 0.3 is 0 Å². The van der Waals surface area contributed by atoms with E-state index in [0.29, 0.717) is 30.4 Å². The molecular formula is C25H28N4O2S. The summed E-state index contributed by atoms with van der Waals surface area (Å²) in [5.74, 6) is 0.677. The van der Waals surface area contributed by atoms with E-state index in [2.05, 4.69) is 5.10 Å². The topological polar surface area (TPSA) is 60.2 Å². The number of aryl methyl sites for hydroxylation is 4. The summed E-state index contributed by atoms with van der Waals surface area (Å²) in [6.07, 6.45) is 0. The third-order valence-corrected chi connectivity index (χ3v) is 6.58. The standard InChI is InChI=1S/C25H28N4O2S/c1-6-31-21-8-7-9-22-23(21)26-25(32-22)28(12-13-29-19(5)15-18(4)27-29)24(30)20-11-10-16(2)17(3)14-20/h7-11,14-15H,6,12-13H2,1-5H3. The Morgan fingerprint density at radius 1 is 1.09 bits per heavy atom. The van der Waals surface area contributed by atoms with Gasteiger partial charge < -0.3 is 4.74 Å². The van der Waals surface area contributed by atoms with E-state index < -0.39 is 0 Å². The van der Waals surface area contributed by atoms with Gasteiger partial charge in [-0.05, 0) is 76.1 Å². The lowest BCUT2D eigenvalue weighted by Gasteiger charge is -2.21. The Morgan fingerprint density at radius 3 is 2.59 bits per heavy atom. The second-order valence-electron chi connectivity index (χ2n) is 7.94. The molecule has 0 saturated heterocycles. The summed E-state index contributed by atoms with van der Waals surface area (Å²) in [7, 11) is 0. The van der Waals surface area contributed by atoms with Gasteiger partial charge in [0.1, 0.15) is 11.3 Å². The van der Waals surface area contributed by atoms with Crippen molar-refractivity contribution in [2.45, 2.75) is 41.2 Å². The lowest BCUT2D eigenvalue weighted by atomic mass is 10.1. The Balaban J connectivity index is 1.73. The first-order valence-electron chi connectivity index (χ1n) is 10.8. The summed E-state index contributed by atoms with van der Waals surface area (Å²) in [5, 5.41) is 5.22. The minimum Gasteiger partial charge on any atom is -0.492 e. The normalized spacial score (nSPS) is 11.2. The van der Waals surface area contributed by atoms with Crippen LogP contribution in [0.1, 0.15) is 39.8 Å². The highest BCUT2D eigenvalue weighted by molar-refractivity contribution is 7.22. The fraction of sp³-hybridized carbons (Fsp3) is 0.320. The first kappa shape index (κ1) is 22.0. The zero-order valence-corrected chi connectivity index (χ0v) is 20.0. The van der Waals surface area contributed by atoms with Crippen molar-refractivity contribution in [3.05, 3.63) is 70.5 Å². The van der Waals surface area contributed by atoms with Gasteiger partial charge in [-0.1, -0.05) is 23.5 Å². The first-order chi connectivity index (χ1) is 15.4. The molecule has 2 aromatic carbocycles. The van der Waals surface area contributed by atoms with Crippen LogP contribution in [0, 0.1) is 27.7 Å². The molecule has 0 saturated carbocycles. The minimum absolute atomic E-state index is 0.0633. The average Bonchev–Trinajstić information content (AvgIpc) is 3.33. The highest BCUT2D eigenvalue weighted by atomic mass is 32.1. The molecule has 6 nitrogen and oxygen atoms in total. The van der Waals surface area contributed by atoms with Crippen LogP contribution in [-0.2, 0) is 6.54 Å². The summed E-state index contributed by atoms with van der Waals surface area (Å²) in [6.45, 7) is 11.7. The Morgan fingerprint density at radius 2 is 1.91 bits per heavy atom. The van der Waals surface area contributed by atoms with Crippen molar-refractivity contribution in [1.29, 1.82) is 0 Å². The molecule has 2 aromatic heterocycles. The van der Waals surface area contributed by atoms with Crippen LogP contribution < -0.4 is 9.64 Å². The van der Waals surface area contributed by atoms with Crippen LogP contribution in [0.3, 0.4) is 0 Å². The molecule has 0 bridgehead atoms. The molecule has 166 valence electrons. The van der Waals surface area contributed by atoms with Crippen LogP contribution in [0.15, 0.2) is 42.5 Å². The van der Waals surface area contributed by atoms with E-state index in [1.54, 1.807) is 4.90 Å². The van der Waals surface area contributed by atoms with Gasteiger partial charge in [-0.15, -0.1) is 0 Å². The largest absolute Gasteiger partial charge is 0.492 e. The van der Waals surface area contributed by atoms with E-state index in [-0.39, 0.29) is 5.91 Å². The number of benzene rings is 2. The predicted octanol–water partition coefficient (Wildman–Crippen LogP) is 5.47. The predicted molar refractivity (Wildman–Crippen MR) is 130 cm³/mol. The van der Waals surface area contributed by atoms with Crippen LogP contribution >= 0.6 is 11.3 Å². The molecule has 0 unspecified atom stereocenters. The van der Waals surface area contributed by atoms with Crippen LogP contribution in [0.4, 0.5) is 5.13 Å². The SMILES string of the molecule is CCOc1cccc2sc(N(CCn3nc(C)cc3C)C(=O)c3ccc(C)c(C)c3)nc12. The molecule has 0 radical (unpaired) electrons. The molecule has 32 heavy (non-hydrogen) atoms. The number of hydrogen-bond acceptors (Lipinski definition) is 5. The number of nitrogens with zero attached hydrogens (tertiary/aromatic N) is 4. The Hall–Kier alpha value is -3.19. The summed E-state index contributed by atoms with van der Waals surface area (Å²) in [6, 6.07) is 13.8. The van der Waals surface area contributed by atoms with Crippen LogP contribution in [0.2, 0.25) is 0 Å². The highest BCUT2D eigenvalue weighted by Crippen LogP contribution is 2.35. The van der Waals surface area contributed by atoms with E-state index in [0.717, 1.165) is 38.5 Å². The number of thiazole rings is 1. The molecule has 0 aliphatic rings. The molecular weight excluding hydrogens is 420 g/mol. The van der Waals surface area contributed by atoms with Crippen molar-refractivity contribution < 1.29 is 9.53 Å². The number of para-hydroxylation sites is 1. The first-order valence-corrected chi connectivity index (χ1v) is 11.6. The Labute approximate surface area is 192 Å². The molecule has 7 heteroatoms. The van der Waals surface area contributed by atoms with Crippen molar-refractivity contribution in [2.75, 3.05) is 18.1 Å². The fourth-order valence-electron chi connectivity index (χ4n) is 3.71. The zero-order valence-electron chi connectivity index (χ0n) is 19.2. The molecule has 0 fully saturated rings. The smallest absolute Gasteiger partial charge is 0.260 e. The number of ether oxygens (including phenoxy) is 1. The average molecular weight is 449 g/mol. The van der Waals surface area contributed by atoms with Crippen molar-refractivity contribution in [2.24, 2.45) is 0 Å². The number of carbonyl (C=O) groups is 1. The Kier molecular flexibility index (Phi) is 6.28. The van der Waals surface area contributed by atoms with Gasteiger partial charge in [0.05, 0.1) is 23.5 Å². The maximum absolute atomic E-state index is 13.6. The van der Waals surface area contributed by atoms with Gasteiger partial charge in [0.2, 0.25) is 0 Å². The van der Waals surface area contributed by atoms with E-state index in [4.69, 9.17) is 9.72 Å². The summed E-state index contributed by atoms with van der Waals surface area (Å²) < 4.78 is 8.70. The van der Waals surface area contributed by atoms with Gasteiger partial charge in [-0.2, -0.15) is 5.10 Å². The van der Waals surface area contributed by atoms with Crippen molar-refractivity contribution >= 4 is 32.6 Å². The molecule has 0 N–H and O–H groups in total. The van der Waals surface area contributed by atoms with Gasteiger partial charge in [-0.25, -0.2) is 4.98 Å². The van der Waals surface area contributed by atoms with Crippen LogP contribution in [-0.4, -0.2) is 33.8 Å². The number of hydrogen-bond donors (Lipinski definition) is 0. The van der Waals surface area contributed by atoms with Gasteiger partial charge in [-0.3, -0.25) is 14.4 Å². The van der Waals surface area contributed by atoms with Crippen molar-refractivity contribution in [3.63, 3.8) is 0 Å². The zero-order chi connectivity index (χ0) is 22.8. The number of anilines is 1. The van der Waals surface area contributed by atoms with Crippen molar-refractivity contribution in [3.8, 4) is 5.75 Å². The number of amides is 1. The molecule has 2 heterocycles. The van der Waals surface area contributed by atoms with E-state index in [1.165, 1.54) is 11.3 Å². The van der Waals surface area contributed by atoms with Crippen LogP contribution in [0.5, 0.6) is 5.75 Å². The molecule has 0 spiro atoms. The third kappa shape index (κ3) is 4.39. The van der Waals surface area contributed by atoms with Crippen LogP contribution in [0.25, 0.3) is 10.2 Å². The lowest BCUT2D eigenvalue weighted by molar-refractivity contribution is 0.0985.